The summed E-state index contributed by atoms with van der Waals surface area (Å²) >= 11 is 0. The molecule has 6 nitrogen and oxygen atoms in total. The van der Waals surface area contributed by atoms with Crippen LogP contribution in [0.2, 0.25) is 0 Å². The number of hydrogen-bond acceptors (Lipinski definition) is 3. The molecule has 0 fully saturated rings. The normalized spacial score (nSPS) is 10.9. The van der Waals surface area contributed by atoms with E-state index in [0.29, 0.717) is 25.9 Å². The molecule has 0 unspecified atom stereocenters. The predicted molar refractivity (Wildman–Crippen MR) is 115 cm³/mol. The van der Waals surface area contributed by atoms with Crippen molar-refractivity contribution in [1.29, 1.82) is 0 Å². The lowest BCUT2D eigenvalue weighted by Gasteiger charge is -2.23. The van der Waals surface area contributed by atoms with E-state index < -0.39 is 0 Å². The number of rotatable bonds is 8. The summed E-state index contributed by atoms with van der Waals surface area (Å²) in [6, 6.07) is 18.0. The lowest BCUT2D eigenvalue weighted by Crippen LogP contribution is -2.41. The molecule has 0 aliphatic rings. The Kier molecular flexibility index (Phi) is 6.65. The van der Waals surface area contributed by atoms with Crippen LogP contribution in [0.4, 0.5) is 0 Å². The minimum absolute atomic E-state index is 0.0256. The molecule has 0 saturated carbocycles. The molecule has 1 heterocycles. The number of aryl methyl sites for hydroxylation is 1. The highest BCUT2D eigenvalue weighted by Gasteiger charge is 2.18. The molecule has 152 valence electrons. The van der Waals surface area contributed by atoms with Gasteiger partial charge in [-0.25, -0.2) is 4.98 Å². The number of aromatic nitrogens is 2. The highest BCUT2D eigenvalue weighted by atomic mass is 16.2. The average molecular weight is 393 g/mol. The van der Waals surface area contributed by atoms with E-state index in [4.69, 9.17) is 4.98 Å². The summed E-state index contributed by atoms with van der Waals surface area (Å²) in [6.07, 6.45) is 0.810. The number of likely N-dealkylation sites (N-methyl/N-ethyl adjacent to an activating group) is 2. The van der Waals surface area contributed by atoms with Crippen molar-refractivity contribution in [3.05, 3.63) is 60.4 Å². The van der Waals surface area contributed by atoms with Gasteiger partial charge >= 0.3 is 0 Å². The molecule has 0 aliphatic heterocycles. The van der Waals surface area contributed by atoms with Crippen LogP contribution in [0.3, 0.4) is 0 Å². The summed E-state index contributed by atoms with van der Waals surface area (Å²) in [6.45, 7) is 5.29. The van der Waals surface area contributed by atoms with Gasteiger partial charge in [0, 0.05) is 38.7 Å². The first-order chi connectivity index (χ1) is 14.0. The number of carbonyl (C=O) groups is 2. The monoisotopic (exact) mass is 392 g/mol. The van der Waals surface area contributed by atoms with Gasteiger partial charge in [-0.15, -0.1) is 0 Å². The van der Waals surface area contributed by atoms with Crippen molar-refractivity contribution in [3.63, 3.8) is 0 Å². The maximum Gasteiger partial charge on any atom is 0.242 e. The summed E-state index contributed by atoms with van der Waals surface area (Å²) in [5, 5.41) is 0. The third-order valence-electron chi connectivity index (χ3n) is 5.12. The Hall–Kier alpha value is -3.15. The summed E-state index contributed by atoms with van der Waals surface area (Å²) in [4.78, 5) is 32.9. The molecule has 0 N–H and O–H groups in total. The summed E-state index contributed by atoms with van der Waals surface area (Å²) in [5.41, 5.74) is 2.95. The molecule has 6 heteroatoms. The van der Waals surface area contributed by atoms with Gasteiger partial charge in [0.15, 0.2) is 0 Å². The van der Waals surface area contributed by atoms with E-state index in [2.05, 4.69) is 4.57 Å². The maximum atomic E-state index is 12.6. The second-order valence-electron chi connectivity index (χ2n) is 7.00. The molecule has 3 rings (SSSR count). The van der Waals surface area contributed by atoms with Crippen LogP contribution in [0.5, 0.6) is 0 Å². The number of para-hydroxylation sites is 3. The topological polar surface area (TPSA) is 58.4 Å². The number of nitrogens with zero attached hydrogens (tertiary/aromatic N) is 4. The number of fused-ring (bicyclic) bond motifs is 1. The van der Waals surface area contributed by atoms with Gasteiger partial charge in [0.2, 0.25) is 11.8 Å². The fourth-order valence-corrected chi connectivity index (χ4v) is 3.49. The van der Waals surface area contributed by atoms with Gasteiger partial charge in [-0.1, -0.05) is 30.3 Å². The zero-order valence-corrected chi connectivity index (χ0v) is 17.3. The van der Waals surface area contributed by atoms with Crippen LogP contribution in [0, 0.1) is 0 Å². The van der Waals surface area contributed by atoms with Crippen molar-refractivity contribution in [1.82, 2.24) is 19.4 Å². The Morgan fingerprint density at radius 2 is 1.59 bits per heavy atom. The number of hydrogen-bond donors (Lipinski definition) is 0. The first kappa shape index (κ1) is 20.6. The minimum Gasteiger partial charge on any atom is -0.342 e. The second kappa shape index (κ2) is 9.37. The van der Waals surface area contributed by atoms with E-state index in [1.807, 2.05) is 68.4 Å². The molecule has 0 atom stereocenters. The van der Waals surface area contributed by atoms with Crippen LogP contribution >= 0.6 is 0 Å². The van der Waals surface area contributed by atoms with Crippen LogP contribution < -0.4 is 0 Å². The minimum atomic E-state index is -0.0582. The van der Waals surface area contributed by atoms with Crippen LogP contribution in [-0.2, 0) is 16.0 Å². The highest BCUT2D eigenvalue weighted by Crippen LogP contribution is 2.22. The van der Waals surface area contributed by atoms with Crippen LogP contribution in [0.15, 0.2) is 54.6 Å². The molecule has 0 bridgehead atoms. The smallest absolute Gasteiger partial charge is 0.242 e. The number of benzene rings is 2. The Balaban J connectivity index is 1.75. The molecule has 0 radical (unpaired) electrons. The van der Waals surface area contributed by atoms with Gasteiger partial charge in [0.25, 0.3) is 0 Å². The molecule has 0 spiro atoms. The quantitative estimate of drug-likeness (QED) is 0.591. The highest BCUT2D eigenvalue weighted by molar-refractivity contribution is 5.85. The maximum absolute atomic E-state index is 12.6. The first-order valence-electron chi connectivity index (χ1n) is 10.1. The lowest BCUT2D eigenvalue weighted by molar-refractivity contribution is -0.139. The number of amides is 2. The Morgan fingerprint density at radius 3 is 2.28 bits per heavy atom. The van der Waals surface area contributed by atoms with E-state index in [0.717, 1.165) is 22.5 Å². The molecular weight excluding hydrogens is 364 g/mol. The first-order valence-corrected chi connectivity index (χ1v) is 10.1. The van der Waals surface area contributed by atoms with Crippen LogP contribution in [0.25, 0.3) is 16.7 Å². The van der Waals surface area contributed by atoms with E-state index in [9.17, 15) is 9.59 Å². The summed E-state index contributed by atoms with van der Waals surface area (Å²) in [5.74, 6) is 0.758. The van der Waals surface area contributed by atoms with Gasteiger partial charge in [-0.3, -0.25) is 14.2 Å². The molecule has 2 aromatic carbocycles. The SMILES string of the molecule is CCN(CC)C(=O)CN(C)C(=O)CCc1nc2ccccc2n1-c1ccccc1. The molecule has 1 aromatic heterocycles. The molecule has 3 aromatic rings. The average Bonchev–Trinajstić information content (AvgIpc) is 3.11. The lowest BCUT2D eigenvalue weighted by atomic mass is 10.2. The molecular formula is C23H28N4O2. The van der Waals surface area contributed by atoms with Gasteiger partial charge in [-0.2, -0.15) is 0 Å². The Labute approximate surface area is 171 Å². The van der Waals surface area contributed by atoms with E-state index in [-0.39, 0.29) is 18.4 Å². The van der Waals surface area contributed by atoms with Crippen molar-refractivity contribution in [2.24, 2.45) is 0 Å². The van der Waals surface area contributed by atoms with Gasteiger partial charge in [0.05, 0.1) is 17.6 Å². The van der Waals surface area contributed by atoms with E-state index in [1.54, 1.807) is 11.9 Å². The molecule has 0 saturated heterocycles. The fourth-order valence-electron chi connectivity index (χ4n) is 3.49. The third-order valence-corrected chi connectivity index (χ3v) is 5.12. The van der Waals surface area contributed by atoms with Gasteiger partial charge in [0.1, 0.15) is 5.82 Å². The molecule has 0 aliphatic carbocycles. The zero-order chi connectivity index (χ0) is 20.8. The number of imidazole rings is 1. The second-order valence-corrected chi connectivity index (χ2v) is 7.00. The third kappa shape index (κ3) is 4.65. The summed E-state index contributed by atoms with van der Waals surface area (Å²) < 4.78 is 2.10. The van der Waals surface area contributed by atoms with E-state index >= 15 is 0 Å². The standard InChI is InChI=1S/C23H28N4O2/c1-4-26(5-2)23(29)17-25(3)22(28)16-15-21-24-19-13-9-10-14-20(19)27(21)18-11-7-6-8-12-18/h6-14H,4-5,15-17H2,1-3H3. The molecule has 29 heavy (non-hydrogen) atoms. The summed E-state index contributed by atoms with van der Waals surface area (Å²) in [7, 11) is 1.68. The van der Waals surface area contributed by atoms with Crippen molar-refractivity contribution < 1.29 is 9.59 Å². The van der Waals surface area contributed by atoms with Crippen molar-refractivity contribution >= 4 is 22.8 Å². The van der Waals surface area contributed by atoms with Crippen LogP contribution in [-0.4, -0.2) is 57.8 Å². The van der Waals surface area contributed by atoms with Crippen molar-refractivity contribution in [2.75, 3.05) is 26.7 Å². The van der Waals surface area contributed by atoms with Gasteiger partial charge in [-0.05, 0) is 38.1 Å². The number of carbonyl (C=O) groups excluding carboxylic acids is 2. The Bertz CT molecular complexity index is 977. The largest absolute Gasteiger partial charge is 0.342 e. The van der Waals surface area contributed by atoms with Crippen LogP contribution in [0.1, 0.15) is 26.1 Å². The van der Waals surface area contributed by atoms with Crippen molar-refractivity contribution in [3.8, 4) is 5.69 Å². The molecule has 2 amide bonds. The fraction of sp³-hybridized carbons (Fsp3) is 0.348. The van der Waals surface area contributed by atoms with Gasteiger partial charge < -0.3 is 9.80 Å². The van der Waals surface area contributed by atoms with Crippen molar-refractivity contribution in [2.45, 2.75) is 26.7 Å². The van der Waals surface area contributed by atoms with E-state index in [1.165, 1.54) is 4.90 Å². The Morgan fingerprint density at radius 1 is 0.931 bits per heavy atom. The zero-order valence-electron chi connectivity index (χ0n) is 17.3. The predicted octanol–water partition coefficient (Wildman–Crippen LogP) is 3.28.